The molecule has 1 aromatic carbocycles. The topological polar surface area (TPSA) is 64.9 Å². The van der Waals surface area contributed by atoms with Crippen LogP contribution in [0.1, 0.15) is 30.7 Å². The number of aromatic nitrogens is 2. The van der Waals surface area contributed by atoms with E-state index in [-0.39, 0.29) is 5.92 Å². The molecule has 0 saturated carbocycles. The van der Waals surface area contributed by atoms with Crippen molar-refractivity contribution >= 4 is 15.9 Å². The number of hydrogen-bond acceptors (Lipinski definition) is 4. The molecule has 18 heavy (non-hydrogen) atoms. The number of aryl methyl sites for hydroxylation is 1. The van der Waals surface area contributed by atoms with Crippen molar-refractivity contribution in [2.45, 2.75) is 26.2 Å². The molecule has 1 atom stereocenters. The van der Waals surface area contributed by atoms with Crippen LogP contribution in [0.5, 0.6) is 0 Å². The van der Waals surface area contributed by atoms with E-state index < -0.39 is 0 Å². The van der Waals surface area contributed by atoms with Crippen molar-refractivity contribution < 1.29 is 4.52 Å². The summed E-state index contributed by atoms with van der Waals surface area (Å²) in [4.78, 5) is 4.44. The summed E-state index contributed by atoms with van der Waals surface area (Å²) in [5, 5.41) is 4.04. The summed E-state index contributed by atoms with van der Waals surface area (Å²) in [5.74, 6) is 1.39. The van der Waals surface area contributed by atoms with Gasteiger partial charge in [-0.2, -0.15) is 4.98 Å². The fraction of sp³-hybridized carbons (Fsp3) is 0.385. The van der Waals surface area contributed by atoms with Gasteiger partial charge in [-0.15, -0.1) is 0 Å². The lowest BCUT2D eigenvalue weighted by Gasteiger charge is -2.04. The zero-order valence-corrected chi connectivity index (χ0v) is 12.1. The Morgan fingerprint density at radius 1 is 1.44 bits per heavy atom. The van der Waals surface area contributed by atoms with Crippen molar-refractivity contribution in [1.29, 1.82) is 0 Å². The van der Waals surface area contributed by atoms with Crippen LogP contribution in [0.15, 0.2) is 27.2 Å². The van der Waals surface area contributed by atoms with Crippen molar-refractivity contribution in [3.63, 3.8) is 0 Å². The van der Waals surface area contributed by atoms with Crippen molar-refractivity contribution in [2.24, 2.45) is 5.73 Å². The molecule has 2 rings (SSSR count). The Morgan fingerprint density at radius 2 is 2.22 bits per heavy atom. The second-order valence-electron chi connectivity index (χ2n) is 4.26. The standard InChI is InChI=1S/C13H16BrN3O/c1-3-9(7-15)13-16-12(17-18-13)11-5-4-10(14)6-8(11)2/h4-6,9H,3,7,15H2,1-2H3. The Morgan fingerprint density at radius 3 is 2.83 bits per heavy atom. The van der Waals surface area contributed by atoms with Gasteiger partial charge in [-0.25, -0.2) is 0 Å². The molecule has 0 aliphatic heterocycles. The summed E-state index contributed by atoms with van der Waals surface area (Å²) < 4.78 is 6.34. The number of rotatable bonds is 4. The molecular weight excluding hydrogens is 294 g/mol. The van der Waals surface area contributed by atoms with E-state index in [1.807, 2.05) is 25.1 Å². The van der Waals surface area contributed by atoms with Gasteiger partial charge in [0.2, 0.25) is 11.7 Å². The first-order valence-corrected chi connectivity index (χ1v) is 6.75. The minimum absolute atomic E-state index is 0.141. The zero-order valence-electron chi connectivity index (χ0n) is 10.5. The molecule has 0 aliphatic carbocycles. The number of hydrogen-bond donors (Lipinski definition) is 1. The van der Waals surface area contributed by atoms with Gasteiger partial charge in [0.05, 0.1) is 5.92 Å². The third-order valence-corrected chi connectivity index (χ3v) is 3.49. The molecular formula is C13H16BrN3O. The van der Waals surface area contributed by atoms with E-state index in [1.165, 1.54) is 0 Å². The van der Waals surface area contributed by atoms with Crippen LogP contribution in [0.3, 0.4) is 0 Å². The Bertz CT molecular complexity index is 535. The average Bonchev–Trinajstić information content (AvgIpc) is 2.80. The molecule has 0 spiro atoms. The summed E-state index contributed by atoms with van der Waals surface area (Å²) in [6, 6.07) is 5.99. The van der Waals surface area contributed by atoms with Gasteiger partial charge in [0.1, 0.15) is 0 Å². The van der Waals surface area contributed by atoms with Gasteiger partial charge in [0, 0.05) is 16.6 Å². The van der Waals surface area contributed by atoms with E-state index in [2.05, 4.69) is 33.0 Å². The summed E-state index contributed by atoms with van der Waals surface area (Å²) in [6.45, 7) is 4.61. The van der Waals surface area contributed by atoms with Crippen molar-refractivity contribution in [2.75, 3.05) is 6.54 Å². The quantitative estimate of drug-likeness (QED) is 0.941. The number of benzene rings is 1. The first-order valence-electron chi connectivity index (χ1n) is 5.96. The fourth-order valence-corrected chi connectivity index (χ4v) is 2.31. The first-order chi connectivity index (χ1) is 8.65. The van der Waals surface area contributed by atoms with Crippen LogP contribution >= 0.6 is 15.9 Å². The molecule has 0 bridgehead atoms. The van der Waals surface area contributed by atoms with E-state index in [9.17, 15) is 0 Å². The van der Waals surface area contributed by atoms with Crippen LogP contribution in [0, 0.1) is 6.92 Å². The number of nitrogens with two attached hydrogens (primary N) is 1. The van der Waals surface area contributed by atoms with Crippen molar-refractivity contribution in [3.8, 4) is 11.4 Å². The van der Waals surface area contributed by atoms with Crippen LogP contribution in [-0.2, 0) is 0 Å². The molecule has 5 heteroatoms. The highest BCUT2D eigenvalue weighted by atomic mass is 79.9. The number of nitrogens with zero attached hydrogens (tertiary/aromatic N) is 2. The van der Waals surface area contributed by atoms with Gasteiger partial charge >= 0.3 is 0 Å². The largest absolute Gasteiger partial charge is 0.339 e. The monoisotopic (exact) mass is 309 g/mol. The molecule has 2 N–H and O–H groups in total. The second kappa shape index (κ2) is 5.63. The van der Waals surface area contributed by atoms with Gasteiger partial charge in [-0.1, -0.05) is 28.0 Å². The lowest BCUT2D eigenvalue weighted by atomic mass is 10.1. The van der Waals surface area contributed by atoms with E-state index in [1.54, 1.807) is 0 Å². The van der Waals surface area contributed by atoms with Crippen LogP contribution in [0.25, 0.3) is 11.4 Å². The second-order valence-corrected chi connectivity index (χ2v) is 5.17. The Hall–Kier alpha value is -1.20. The lowest BCUT2D eigenvalue weighted by Crippen LogP contribution is -2.11. The highest BCUT2D eigenvalue weighted by Gasteiger charge is 2.17. The van der Waals surface area contributed by atoms with Gasteiger partial charge in [0.25, 0.3) is 0 Å². The predicted octanol–water partition coefficient (Wildman–Crippen LogP) is 3.26. The predicted molar refractivity (Wildman–Crippen MR) is 74.3 cm³/mol. The van der Waals surface area contributed by atoms with Crippen molar-refractivity contribution in [3.05, 3.63) is 34.1 Å². The highest BCUT2D eigenvalue weighted by molar-refractivity contribution is 9.10. The van der Waals surface area contributed by atoms with Crippen LogP contribution < -0.4 is 5.73 Å². The molecule has 0 saturated heterocycles. The minimum atomic E-state index is 0.141. The number of halogens is 1. The molecule has 1 aromatic heterocycles. The maximum Gasteiger partial charge on any atom is 0.231 e. The molecule has 2 aromatic rings. The third-order valence-electron chi connectivity index (χ3n) is 3.00. The summed E-state index contributed by atoms with van der Waals surface area (Å²) in [6.07, 6.45) is 0.900. The third kappa shape index (κ3) is 2.62. The van der Waals surface area contributed by atoms with Crippen LogP contribution in [0.2, 0.25) is 0 Å². The molecule has 4 nitrogen and oxygen atoms in total. The normalized spacial score (nSPS) is 12.7. The summed E-state index contributed by atoms with van der Waals surface area (Å²) >= 11 is 3.44. The molecule has 1 heterocycles. The first kappa shape index (κ1) is 13.2. The molecule has 0 aliphatic rings. The summed E-state index contributed by atoms with van der Waals surface area (Å²) in [7, 11) is 0. The van der Waals surface area contributed by atoms with Gasteiger partial charge in [0.15, 0.2) is 0 Å². The van der Waals surface area contributed by atoms with E-state index >= 15 is 0 Å². The molecule has 1 unspecified atom stereocenters. The molecule has 0 fully saturated rings. The maximum atomic E-state index is 5.68. The lowest BCUT2D eigenvalue weighted by molar-refractivity contribution is 0.351. The van der Waals surface area contributed by atoms with Crippen LogP contribution in [0.4, 0.5) is 0 Å². The van der Waals surface area contributed by atoms with E-state index in [0.717, 1.165) is 22.0 Å². The Balaban J connectivity index is 2.34. The Labute approximate surface area is 115 Å². The van der Waals surface area contributed by atoms with Gasteiger partial charge < -0.3 is 10.3 Å². The smallest absolute Gasteiger partial charge is 0.231 e. The average molecular weight is 310 g/mol. The van der Waals surface area contributed by atoms with Gasteiger partial charge in [-0.3, -0.25) is 0 Å². The SMILES string of the molecule is CCC(CN)c1nc(-c2ccc(Br)cc2C)no1. The van der Waals surface area contributed by atoms with E-state index in [0.29, 0.717) is 18.3 Å². The van der Waals surface area contributed by atoms with Crippen LogP contribution in [-0.4, -0.2) is 16.7 Å². The molecule has 96 valence electrons. The summed E-state index contributed by atoms with van der Waals surface area (Å²) in [5.41, 5.74) is 7.77. The van der Waals surface area contributed by atoms with Gasteiger partial charge in [-0.05, 0) is 37.1 Å². The maximum absolute atomic E-state index is 5.68. The fourth-order valence-electron chi connectivity index (χ4n) is 1.83. The zero-order chi connectivity index (χ0) is 13.1. The minimum Gasteiger partial charge on any atom is -0.339 e. The van der Waals surface area contributed by atoms with Crippen molar-refractivity contribution in [1.82, 2.24) is 10.1 Å². The highest BCUT2D eigenvalue weighted by Crippen LogP contribution is 2.25. The Kier molecular flexibility index (Phi) is 4.14. The van der Waals surface area contributed by atoms with E-state index in [4.69, 9.17) is 10.3 Å². The molecule has 0 radical (unpaired) electrons. The molecule has 0 amide bonds.